The van der Waals surface area contributed by atoms with Gasteiger partial charge in [-0.25, -0.2) is 4.39 Å². The Kier molecular flexibility index (Phi) is 7.36. The molecule has 1 aliphatic heterocycles. The van der Waals surface area contributed by atoms with Gasteiger partial charge in [0.2, 0.25) is 5.91 Å². The first-order valence-electron chi connectivity index (χ1n) is 11.4. The number of rotatable bonds is 9. The summed E-state index contributed by atoms with van der Waals surface area (Å²) in [4.78, 5) is 14.8. The predicted octanol–water partition coefficient (Wildman–Crippen LogP) is 5.22. The molecule has 0 bridgehead atoms. The number of nitrogens with zero attached hydrogens (tertiary/aromatic N) is 2. The molecular formula is C26H29ClFN3O2. The molecule has 0 saturated carbocycles. The van der Waals surface area contributed by atoms with Crippen molar-refractivity contribution in [1.29, 1.82) is 0 Å². The van der Waals surface area contributed by atoms with Crippen LogP contribution in [0.4, 0.5) is 4.39 Å². The van der Waals surface area contributed by atoms with Crippen LogP contribution in [0.15, 0.2) is 48.5 Å². The van der Waals surface area contributed by atoms with E-state index in [2.05, 4.69) is 24.1 Å². The molecular weight excluding hydrogens is 441 g/mol. The van der Waals surface area contributed by atoms with E-state index in [1.54, 1.807) is 6.07 Å². The summed E-state index contributed by atoms with van der Waals surface area (Å²) >= 11 is 6.47. The molecule has 1 N–H and O–H groups in total. The van der Waals surface area contributed by atoms with Crippen LogP contribution in [0.2, 0.25) is 5.02 Å². The number of carbonyl (C=O) groups is 1. The topological polar surface area (TPSA) is 46.5 Å². The van der Waals surface area contributed by atoms with Gasteiger partial charge in [0, 0.05) is 36.8 Å². The molecule has 1 amide bonds. The molecule has 0 radical (unpaired) electrons. The van der Waals surface area contributed by atoms with Crippen LogP contribution in [0, 0.1) is 5.82 Å². The molecule has 0 spiro atoms. The average molecular weight is 470 g/mol. The Hall–Kier alpha value is -2.83. The van der Waals surface area contributed by atoms with Gasteiger partial charge in [0.25, 0.3) is 0 Å². The first-order valence-corrected chi connectivity index (χ1v) is 11.8. The van der Waals surface area contributed by atoms with Gasteiger partial charge >= 0.3 is 0 Å². The number of hydrogen-bond donors (Lipinski definition) is 1. The minimum Gasteiger partial charge on any atom is -0.487 e. The zero-order chi connectivity index (χ0) is 23.4. The fourth-order valence-electron chi connectivity index (χ4n) is 4.28. The smallest absolute Gasteiger partial charge is 0.220 e. The Balaban J connectivity index is 1.61. The molecule has 7 heteroatoms. The fourth-order valence-corrected chi connectivity index (χ4v) is 4.53. The number of fused-ring (bicyclic) bond motifs is 3. The number of hydrogen-bond acceptors (Lipinski definition) is 3. The van der Waals surface area contributed by atoms with Gasteiger partial charge in [-0.2, -0.15) is 0 Å². The standard InChI is InChI=1S/C26H29ClFN3O2/c1-3-30(4-2)14-13-29-25(32)12-10-20-16-24-26(21-8-6-5-7-18(21)17-33-24)31(20)23-11-9-19(28)15-22(23)27/h5-9,11,15-16H,3-4,10,12-14,17H2,1-2H3,(H,29,32). The Morgan fingerprint density at radius 2 is 1.97 bits per heavy atom. The van der Waals surface area contributed by atoms with Crippen LogP contribution in [-0.2, 0) is 17.8 Å². The second kappa shape index (κ2) is 10.4. The molecule has 1 aliphatic rings. The van der Waals surface area contributed by atoms with Gasteiger partial charge < -0.3 is 19.5 Å². The maximum absolute atomic E-state index is 13.8. The summed E-state index contributed by atoms with van der Waals surface area (Å²) in [5, 5.41) is 3.32. The van der Waals surface area contributed by atoms with Crippen LogP contribution < -0.4 is 10.1 Å². The minimum atomic E-state index is -0.393. The first-order chi connectivity index (χ1) is 16.0. The molecule has 0 saturated heterocycles. The van der Waals surface area contributed by atoms with E-state index in [1.807, 2.05) is 34.9 Å². The SMILES string of the molecule is CCN(CC)CCNC(=O)CCc1cc2c(n1-c1ccc(F)cc1Cl)-c1ccccc1CO2. The molecule has 1 aromatic heterocycles. The van der Waals surface area contributed by atoms with Crippen molar-refractivity contribution in [2.75, 3.05) is 26.2 Å². The largest absolute Gasteiger partial charge is 0.487 e. The molecule has 174 valence electrons. The summed E-state index contributed by atoms with van der Waals surface area (Å²) in [5.74, 6) is 0.348. The highest BCUT2D eigenvalue weighted by Gasteiger charge is 2.26. The highest BCUT2D eigenvalue weighted by molar-refractivity contribution is 6.32. The van der Waals surface area contributed by atoms with Crippen molar-refractivity contribution in [2.45, 2.75) is 33.3 Å². The Labute approximate surface area is 199 Å². The van der Waals surface area contributed by atoms with Crippen LogP contribution >= 0.6 is 11.6 Å². The second-order valence-electron chi connectivity index (χ2n) is 8.10. The summed E-state index contributed by atoms with van der Waals surface area (Å²) in [7, 11) is 0. The van der Waals surface area contributed by atoms with Crippen molar-refractivity contribution in [3.8, 4) is 22.7 Å². The number of aromatic nitrogens is 1. The number of ether oxygens (including phenoxy) is 1. The number of halogens is 2. The molecule has 3 aromatic rings. The third kappa shape index (κ3) is 5.07. The van der Waals surface area contributed by atoms with Gasteiger partial charge in [0.05, 0.1) is 16.4 Å². The van der Waals surface area contributed by atoms with Crippen molar-refractivity contribution in [3.05, 3.63) is 70.6 Å². The number of aryl methyl sites for hydroxylation is 1. The summed E-state index contributed by atoms with van der Waals surface area (Å²) in [6, 6.07) is 14.4. The van der Waals surface area contributed by atoms with Gasteiger partial charge in [-0.3, -0.25) is 4.79 Å². The van der Waals surface area contributed by atoms with Crippen molar-refractivity contribution in [3.63, 3.8) is 0 Å². The lowest BCUT2D eigenvalue weighted by Gasteiger charge is -2.21. The van der Waals surface area contributed by atoms with Crippen molar-refractivity contribution >= 4 is 17.5 Å². The van der Waals surface area contributed by atoms with Gasteiger partial charge in [-0.15, -0.1) is 0 Å². The van der Waals surface area contributed by atoms with E-state index in [-0.39, 0.29) is 5.91 Å². The third-order valence-electron chi connectivity index (χ3n) is 6.10. The van der Waals surface area contributed by atoms with Crippen LogP contribution in [0.5, 0.6) is 5.75 Å². The van der Waals surface area contributed by atoms with Crippen LogP contribution in [0.25, 0.3) is 16.9 Å². The predicted molar refractivity (Wildman–Crippen MR) is 130 cm³/mol. The number of benzene rings is 2. The van der Waals surface area contributed by atoms with Gasteiger partial charge in [-0.05, 0) is 43.3 Å². The zero-order valence-electron chi connectivity index (χ0n) is 19.0. The Morgan fingerprint density at radius 1 is 1.18 bits per heavy atom. The Morgan fingerprint density at radius 3 is 2.73 bits per heavy atom. The lowest BCUT2D eigenvalue weighted by molar-refractivity contribution is -0.121. The maximum atomic E-state index is 13.8. The number of carbonyl (C=O) groups excluding carboxylic acids is 1. The molecule has 4 rings (SSSR count). The minimum absolute atomic E-state index is 0.000556. The first kappa shape index (κ1) is 23.3. The highest BCUT2D eigenvalue weighted by atomic mass is 35.5. The third-order valence-corrected chi connectivity index (χ3v) is 6.40. The molecule has 0 aliphatic carbocycles. The number of likely N-dealkylation sites (N-methyl/N-ethyl adjacent to an activating group) is 1. The second-order valence-corrected chi connectivity index (χ2v) is 8.51. The molecule has 0 fully saturated rings. The van der Waals surface area contributed by atoms with E-state index in [4.69, 9.17) is 16.3 Å². The van der Waals surface area contributed by atoms with Crippen molar-refractivity contribution in [2.24, 2.45) is 0 Å². The molecule has 0 atom stereocenters. The van der Waals surface area contributed by atoms with E-state index >= 15 is 0 Å². The number of nitrogens with one attached hydrogen (secondary N) is 1. The van der Waals surface area contributed by atoms with E-state index in [1.165, 1.54) is 12.1 Å². The van der Waals surface area contributed by atoms with Gasteiger partial charge in [-0.1, -0.05) is 49.7 Å². The number of amides is 1. The monoisotopic (exact) mass is 469 g/mol. The summed E-state index contributed by atoms with van der Waals surface area (Å²) in [6.07, 6.45) is 0.838. The van der Waals surface area contributed by atoms with E-state index in [9.17, 15) is 9.18 Å². The average Bonchev–Trinajstić information content (AvgIpc) is 3.19. The van der Waals surface area contributed by atoms with Crippen LogP contribution in [0.3, 0.4) is 0 Å². The van der Waals surface area contributed by atoms with Crippen LogP contribution in [-0.4, -0.2) is 41.6 Å². The van der Waals surface area contributed by atoms with Crippen molar-refractivity contribution < 1.29 is 13.9 Å². The quantitative estimate of drug-likeness (QED) is 0.467. The van der Waals surface area contributed by atoms with E-state index < -0.39 is 5.82 Å². The van der Waals surface area contributed by atoms with Gasteiger partial charge in [0.1, 0.15) is 18.2 Å². The highest BCUT2D eigenvalue weighted by Crippen LogP contribution is 2.43. The lowest BCUT2D eigenvalue weighted by atomic mass is 10.0. The zero-order valence-corrected chi connectivity index (χ0v) is 19.8. The summed E-state index contributed by atoms with van der Waals surface area (Å²) in [6.45, 7) is 8.09. The maximum Gasteiger partial charge on any atom is 0.220 e. The molecule has 33 heavy (non-hydrogen) atoms. The van der Waals surface area contributed by atoms with E-state index in [0.29, 0.717) is 36.7 Å². The van der Waals surface area contributed by atoms with Gasteiger partial charge in [0.15, 0.2) is 0 Å². The Bertz CT molecular complexity index is 1140. The van der Waals surface area contributed by atoms with Crippen molar-refractivity contribution in [1.82, 2.24) is 14.8 Å². The summed E-state index contributed by atoms with van der Waals surface area (Å²) in [5.41, 5.74) is 4.56. The summed E-state index contributed by atoms with van der Waals surface area (Å²) < 4.78 is 21.8. The van der Waals surface area contributed by atoms with Crippen LogP contribution in [0.1, 0.15) is 31.5 Å². The normalized spacial score (nSPS) is 12.3. The molecule has 0 unspecified atom stereocenters. The molecule has 5 nitrogen and oxygen atoms in total. The molecule has 2 heterocycles. The molecule has 2 aromatic carbocycles. The van der Waals surface area contributed by atoms with E-state index in [0.717, 1.165) is 47.9 Å². The fraction of sp³-hybridized carbons (Fsp3) is 0.346. The lowest BCUT2D eigenvalue weighted by Crippen LogP contribution is -2.34.